The quantitative estimate of drug-likeness (QED) is 0.644. The first-order valence-corrected chi connectivity index (χ1v) is 7.86. The molecule has 118 valence electrons. The van der Waals surface area contributed by atoms with Crippen LogP contribution in [-0.4, -0.2) is 36.1 Å². The van der Waals surface area contributed by atoms with Gasteiger partial charge in [0.05, 0.1) is 4.92 Å². The van der Waals surface area contributed by atoms with Crippen LogP contribution in [0.25, 0.3) is 0 Å². The molecule has 0 radical (unpaired) electrons. The molecule has 2 fully saturated rings. The average molecular weight is 310 g/mol. The second-order valence-electron chi connectivity index (χ2n) is 6.29. The van der Waals surface area contributed by atoms with Crippen LogP contribution in [0.1, 0.15) is 0 Å². The third-order valence-electron chi connectivity index (χ3n) is 4.89. The predicted octanol–water partition coefficient (Wildman–Crippen LogP) is 2.56. The molecule has 0 spiro atoms. The van der Waals surface area contributed by atoms with Crippen LogP contribution >= 0.6 is 0 Å². The van der Waals surface area contributed by atoms with Gasteiger partial charge in [-0.25, -0.2) is 4.98 Å². The Morgan fingerprint density at radius 2 is 1.61 bits per heavy atom. The first-order chi connectivity index (χ1) is 11.2. The molecular weight excluding hydrogens is 292 g/mol. The van der Waals surface area contributed by atoms with Gasteiger partial charge in [0.1, 0.15) is 5.82 Å². The predicted molar refractivity (Wildman–Crippen MR) is 88.7 cm³/mol. The van der Waals surface area contributed by atoms with Crippen molar-refractivity contribution in [2.45, 2.75) is 0 Å². The zero-order valence-electron chi connectivity index (χ0n) is 12.7. The molecular formula is C17H18N4O2. The maximum absolute atomic E-state index is 10.7. The van der Waals surface area contributed by atoms with Gasteiger partial charge in [0.25, 0.3) is 5.69 Å². The molecule has 3 heterocycles. The summed E-state index contributed by atoms with van der Waals surface area (Å²) in [5.74, 6) is 2.32. The number of rotatable bonds is 3. The summed E-state index contributed by atoms with van der Waals surface area (Å²) in [5.41, 5.74) is 1.23. The minimum atomic E-state index is -0.354. The van der Waals surface area contributed by atoms with E-state index in [1.54, 1.807) is 12.1 Å². The van der Waals surface area contributed by atoms with Crippen LogP contribution in [0.15, 0.2) is 48.7 Å². The molecule has 2 aliphatic rings. The minimum absolute atomic E-state index is 0.148. The van der Waals surface area contributed by atoms with Crippen molar-refractivity contribution < 1.29 is 4.92 Å². The molecule has 2 aromatic rings. The van der Waals surface area contributed by atoms with Crippen molar-refractivity contribution in [2.24, 2.45) is 11.8 Å². The van der Waals surface area contributed by atoms with Gasteiger partial charge in [-0.05, 0) is 24.3 Å². The average Bonchev–Trinajstić information content (AvgIpc) is 3.14. The molecule has 2 saturated heterocycles. The van der Waals surface area contributed by atoms with E-state index in [4.69, 9.17) is 0 Å². The highest BCUT2D eigenvalue weighted by Gasteiger charge is 2.40. The lowest BCUT2D eigenvalue weighted by Crippen LogP contribution is -2.29. The summed E-state index contributed by atoms with van der Waals surface area (Å²) in [4.78, 5) is 19.5. The number of aromatic nitrogens is 1. The number of fused-ring (bicyclic) bond motifs is 1. The van der Waals surface area contributed by atoms with Crippen LogP contribution in [0.3, 0.4) is 0 Å². The molecule has 0 amide bonds. The number of nitro groups is 1. The summed E-state index contributed by atoms with van der Waals surface area (Å²) in [7, 11) is 0. The zero-order valence-corrected chi connectivity index (χ0v) is 12.7. The normalized spacial score (nSPS) is 23.1. The monoisotopic (exact) mass is 310 g/mol. The first-order valence-electron chi connectivity index (χ1n) is 7.86. The molecule has 6 nitrogen and oxygen atoms in total. The Labute approximate surface area is 134 Å². The number of benzene rings is 1. The standard InChI is InChI=1S/C17H18N4O2/c22-21(23)16-6-4-15(5-7-16)19-9-13-11-20(12-14(13)10-19)17-3-1-2-8-18-17/h1-8,13-14H,9-12H2/t13-,14?/m1/s1. The van der Waals surface area contributed by atoms with E-state index < -0.39 is 0 Å². The van der Waals surface area contributed by atoms with Gasteiger partial charge in [0, 0.05) is 62.0 Å². The van der Waals surface area contributed by atoms with Gasteiger partial charge >= 0.3 is 0 Å². The Morgan fingerprint density at radius 3 is 2.17 bits per heavy atom. The topological polar surface area (TPSA) is 62.5 Å². The summed E-state index contributed by atoms with van der Waals surface area (Å²) in [5, 5.41) is 10.7. The van der Waals surface area contributed by atoms with Crippen molar-refractivity contribution in [3.05, 3.63) is 58.8 Å². The largest absolute Gasteiger partial charge is 0.371 e. The van der Waals surface area contributed by atoms with E-state index in [-0.39, 0.29) is 10.6 Å². The lowest BCUT2D eigenvalue weighted by molar-refractivity contribution is -0.384. The van der Waals surface area contributed by atoms with Crippen molar-refractivity contribution in [1.29, 1.82) is 0 Å². The molecule has 2 atom stereocenters. The Balaban J connectivity index is 1.43. The molecule has 2 aliphatic heterocycles. The number of nitro benzene ring substituents is 1. The van der Waals surface area contributed by atoms with E-state index in [1.807, 2.05) is 30.5 Å². The third kappa shape index (κ3) is 2.60. The van der Waals surface area contributed by atoms with E-state index in [2.05, 4.69) is 20.9 Å². The van der Waals surface area contributed by atoms with E-state index in [0.29, 0.717) is 11.8 Å². The second kappa shape index (κ2) is 5.53. The number of nitrogens with zero attached hydrogens (tertiary/aromatic N) is 4. The summed E-state index contributed by atoms with van der Waals surface area (Å²) in [6.45, 7) is 4.08. The van der Waals surface area contributed by atoms with E-state index in [1.165, 1.54) is 0 Å². The molecule has 4 rings (SSSR count). The highest BCUT2D eigenvalue weighted by atomic mass is 16.6. The third-order valence-corrected chi connectivity index (χ3v) is 4.89. The molecule has 6 heteroatoms. The number of non-ortho nitro benzene ring substituents is 1. The van der Waals surface area contributed by atoms with E-state index in [0.717, 1.165) is 37.7 Å². The summed E-state index contributed by atoms with van der Waals surface area (Å²) in [6.07, 6.45) is 1.84. The van der Waals surface area contributed by atoms with Crippen molar-refractivity contribution >= 4 is 17.2 Å². The van der Waals surface area contributed by atoms with Gasteiger partial charge in [0.15, 0.2) is 0 Å². The van der Waals surface area contributed by atoms with Crippen LogP contribution in [0, 0.1) is 22.0 Å². The fraction of sp³-hybridized carbons (Fsp3) is 0.353. The van der Waals surface area contributed by atoms with E-state index >= 15 is 0 Å². The Morgan fingerprint density at radius 1 is 0.957 bits per heavy atom. The van der Waals surface area contributed by atoms with Crippen molar-refractivity contribution in [2.75, 3.05) is 36.0 Å². The van der Waals surface area contributed by atoms with Crippen molar-refractivity contribution in [3.8, 4) is 0 Å². The summed E-state index contributed by atoms with van der Waals surface area (Å²) in [6, 6.07) is 12.9. The lowest BCUT2D eigenvalue weighted by Gasteiger charge is -2.23. The van der Waals surface area contributed by atoms with Crippen LogP contribution < -0.4 is 9.80 Å². The number of pyridine rings is 1. The SMILES string of the molecule is O=[N+]([O-])c1ccc(N2CC3CN(c4ccccn4)C[C@H]3C2)cc1. The van der Waals surface area contributed by atoms with Crippen LogP contribution in [0.2, 0.25) is 0 Å². The van der Waals surface area contributed by atoms with Gasteiger partial charge in [-0.2, -0.15) is 0 Å². The minimum Gasteiger partial charge on any atom is -0.371 e. The highest BCUT2D eigenvalue weighted by Crippen LogP contribution is 2.35. The molecule has 1 aromatic heterocycles. The smallest absolute Gasteiger partial charge is 0.269 e. The van der Waals surface area contributed by atoms with Crippen LogP contribution in [-0.2, 0) is 0 Å². The Hall–Kier alpha value is -2.63. The molecule has 0 bridgehead atoms. The number of hydrogen-bond acceptors (Lipinski definition) is 5. The molecule has 0 N–H and O–H groups in total. The van der Waals surface area contributed by atoms with Crippen LogP contribution in [0.5, 0.6) is 0 Å². The maximum atomic E-state index is 10.7. The highest BCUT2D eigenvalue weighted by molar-refractivity contribution is 5.52. The Kier molecular flexibility index (Phi) is 3.37. The molecule has 0 aliphatic carbocycles. The van der Waals surface area contributed by atoms with Gasteiger partial charge in [0.2, 0.25) is 0 Å². The van der Waals surface area contributed by atoms with Gasteiger partial charge < -0.3 is 9.80 Å². The molecule has 0 saturated carbocycles. The fourth-order valence-electron chi connectivity index (χ4n) is 3.72. The Bertz CT molecular complexity index is 690. The first kappa shape index (κ1) is 14.0. The fourth-order valence-corrected chi connectivity index (χ4v) is 3.72. The molecule has 1 aromatic carbocycles. The number of hydrogen-bond donors (Lipinski definition) is 0. The maximum Gasteiger partial charge on any atom is 0.269 e. The summed E-state index contributed by atoms with van der Waals surface area (Å²) >= 11 is 0. The van der Waals surface area contributed by atoms with Crippen LogP contribution in [0.4, 0.5) is 17.2 Å². The second-order valence-corrected chi connectivity index (χ2v) is 6.29. The van der Waals surface area contributed by atoms with Gasteiger partial charge in [-0.3, -0.25) is 10.1 Å². The number of anilines is 2. The van der Waals surface area contributed by atoms with Crippen molar-refractivity contribution in [1.82, 2.24) is 4.98 Å². The zero-order chi connectivity index (χ0) is 15.8. The van der Waals surface area contributed by atoms with Gasteiger partial charge in [-0.1, -0.05) is 6.07 Å². The van der Waals surface area contributed by atoms with Crippen molar-refractivity contribution in [3.63, 3.8) is 0 Å². The lowest BCUT2D eigenvalue weighted by atomic mass is 10.0. The van der Waals surface area contributed by atoms with E-state index in [9.17, 15) is 10.1 Å². The summed E-state index contributed by atoms with van der Waals surface area (Å²) < 4.78 is 0. The molecule has 23 heavy (non-hydrogen) atoms. The van der Waals surface area contributed by atoms with Gasteiger partial charge in [-0.15, -0.1) is 0 Å². The molecule has 1 unspecified atom stereocenters.